The lowest BCUT2D eigenvalue weighted by Gasteiger charge is -2.31. The number of rotatable bonds is 2. The Bertz CT molecular complexity index is 224. The lowest BCUT2D eigenvalue weighted by molar-refractivity contribution is -0.345. The van der Waals surface area contributed by atoms with Gasteiger partial charge >= 0.3 is 6.36 Å². The van der Waals surface area contributed by atoms with Gasteiger partial charge < -0.3 is 10.6 Å². The Morgan fingerprint density at radius 1 is 1.40 bits per heavy atom. The molecule has 4 nitrogen and oxygen atoms in total. The zero-order valence-corrected chi connectivity index (χ0v) is 8.09. The summed E-state index contributed by atoms with van der Waals surface area (Å²) in [6.07, 6.45) is -5.03. The molecule has 0 saturated carbocycles. The smallest absolute Gasteiger partial charge is 0.341 e. The van der Waals surface area contributed by atoms with Gasteiger partial charge in [-0.3, -0.25) is 9.53 Å². The van der Waals surface area contributed by atoms with Gasteiger partial charge in [0.05, 0.1) is 12.6 Å². The molecule has 1 rings (SSSR count). The summed E-state index contributed by atoms with van der Waals surface area (Å²) in [7, 11) is 0. The molecule has 88 valence electrons. The van der Waals surface area contributed by atoms with Crippen LogP contribution >= 0.6 is 0 Å². The van der Waals surface area contributed by atoms with Crippen LogP contribution in [0.25, 0.3) is 0 Å². The van der Waals surface area contributed by atoms with Gasteiger partial charge in [-0.1, -0.05) is 0 Å². The molecular formula is C8H13F3N2O2. The quantitative estimate of drug-likeness (QED) is 0.744. The summed E-state index contributed by atoms with van der Waals surface area (Å²) < 4.78 is 39.4. The molecule has 0 bridgehead atoms. The fourth-order valence-corrected chi connectivity index (χ4v) is 1.54. The van der Waals surface area contributed by atoms with Crippen molar-refractivity contribution in [2.24, 2.45) is 5.73 Å². The highest BCUT2D eigenvalue weighted by Gasteiger charge is 2.35. The van der Waals surface area contributed by atoms with E-state index in [-0.39, 0.29) is 38.4 Å². The lowest BCUT2D eigenvalue weighted by Crippen LogP contribution is -2.44. The minimum atomic E-state index is -4.59. The number of alkyl halides is 3. The van der Waals surface area contributed by atoms with E-state index in [0.29, 0.717) is 0 Å². The second-order valence-electron chi connectivity index (χ2n) is 3.35. The minimum Gasteiger partial charge on any atom is -0.341 e. The van der Waals surface area contributed by atoms with Gasteiger partial charge in [-0.2, -0.15) is 0 Å². The van der Waals surface area contributed by atoms with Gasteiger partial charge in [-0.15, -0.1) is 13.2 Å². The normalized spacial score (nSPS) is 19.3. The van der Waals surface area contributed by atoms with Crippen LogP contribution in [-0.2, 0) is 9.53 Å². The van der Waals surface area contributed by atoms with E-state index in [2.05, 4.69) is 4.74 Å². The van der Waals surface area contributed by atoms with Crippen LogP contribution in [0.15, 0.2) is 0 Å². The lowest BCUT2D eigenvalue weighted by atomic mass is 10.1. The van der Waals surface area contributed by atoms with Crippen molar-refractivity contribution in [2.45, 2.75) is 25.3 Å². The number of halogens is 3. The van der Waals surface area contributed by atoms with Gasteiger partial charge in [-0.05, 0) is 12.8 Å². The first kappa shape index (κ1) is 12.3. The Labute approximate surface area is 85.2 Å². The number of hydrogen-bond donors (Lipinski definition) is 1. The van der Waals surface area contributed by atoms with Gasteiger partial charge in [0.2, 0.25) is 5.91 Å². The topological polar surface area (TPSA) is 55.6 Å². The van der Waals surface area contributed by atoms with E-state index in [1.165, 1.54) is 4.90 Å². The molecule has 0 aromatic rings. The number of likely N-dealkylation sites (tertiary alicyclic amines) is 1. The molecule has 1 fully saturated rings. The molecule has 1 heterocycles. The second-order valence-corrected chi connectivity index (χ2v) is 3.35. The monoisotopic (exact) mass is 226 g/mol. The number of piperidine rings is 1. The highest BCUT2D eigenvalue weighted by molar-refractivity contribution is 5.78. The molecule has 0 spiro atoms. The molecule has 0 aromatic heterocycles. The molecule has 0 aromatic carbocycles. The molecule has 0 aliphatic carbocycles. The summed E-state index contributed by atoms with van der Waals surface area (Å²) in [5.41, 5.74) is 5.14. The summed E-state index contributed by atoms with van der Waals surface area (Å²) >= 11 is 0. The Morgan fingerprint density at radius 3 is 2.33 bits per heavy atom. The molecule has 2 N–H and O–H groups in total. The average molecular weight is 226 g/mol. The maximum absolute atomic E-state index is 11.8. The SMILES string of the molecule is NCC(=O)N1CCC(OC(F)(F)F)CC1. The van der Waals surface area contributed by atoms with Crippen molar-refractivity contribution in [1.82, 2.24) is 4.90 Å². The van der Waals surface area contributed by atoms with E-state index in [9.17, 15) is 18.0 Å². The van der Waals surface area contributed by atoms with E-state index in [4.69, 9.17) is 5.73 Å². The summed E-state index contributed by atoms with van der Waals surface area (Å²) in [4.78, 5) is 12.6. The maximum atomic E-state index is 11.8. The summed E-state index contributed by atoms with van der Waals surface area (Å²) in [6, 6.07) is 0. The van der Waals surface area contributed by atoms with Crippen LogP contribution in [0.2, 0.25) is 0 Å². The van der Waals surface area contributed by atoms with E-state index in [1.807, 2.05) is 0 Å². The molecular weight excluding hydrogens is 213 g/mol. The molecule has 0 radical (unpaired) electrons. The zero-order valence-electron chi connectivity index (χ0n) is 8.09. The van der Waals surface area contributed by atoms with Crippen LogP contribution in [-0.4, -0.2) is 42.9 Å². The summed E-state index contributed by atoms with van der Waals surface area (Å²) in [5.74, 6) is -0.236. The van der Waals surface area contributed by atoms with Gasteiger partial charge in [0.1, 0.15) is 0 Å². The number of nitrogens with zero attached hydrogens (tertiary/aromatic N) is 1. The Kier molecular flexibility index (Phi) is 3.92. The standard InChI is InChI=1S/C8H13F3N2O2/c9-8(10,11)15-6-1-3-13(4-2-6)7(14)5-12/h6H,1-5,12H2. The molecule has 0 atom stereocenters. The molecule has 15 heavy (non-hydrogen) atoms. The third-order valence-corrected chi connectivity index (χ3v) is 2.27. The van der Waals surface area contributed by atoms with E-state index < -0.39 is 12.5 Å². The highest BCUT2D eigenvalue weighted by Crippen LogP contribution is 2.24. The van der Waals surface area contributed by atoms with Crippen molar-refractivity contribution < 1.29 is 22.7 Å². The van der Waals surface area contributed by atoms with E-state index in [0.717, 1.165) is 0 Å². The van der Waals surface area contributed by atoms with Crippen LogP contribution in [0, 0.1) is 0 Å². The molecule has 0 unspecified atom stereocenters. The maximum Gasteiger partial charge on any atom is 0.522 e. The molecule has 1 amide bonds. The third-order valence-electron chi connectivity index (χ3n) is 2.27. The zero-order chi connectivity index (χ0) is 11.5. The number of nitrogens with two attached hydrogens (primary N) is 1. The van der Waals surface area contributed by atoms with Crippen molar-refractivity contribution in [1.29, 1.82) is 0 Å². The predicted octanol–water partition coefficient (Wildman–Crippen LogP) is 0.472. The first-order chi connectivity index (χ1) is 6.92. The van der Waals surface area contributed by atoms with Crippen LogP contribution in [0.1, 0.15) is 12.8 Å². The van der Waals surface area contributed by atoms with Crippen molar-refractivity contribution in [3.05, 3.63) is 0 Å². The number of carbonyl (C=O) groups is 1. The highest BCUT2D eigenvalue weighted by atomic mass is 19.4. The molecule has 1 aliphatic heterocycles. The average Bonchev–Trinajstić information content (AvgIpc) is 2.15. The van der Waals surface area contributed by atoms with Crippen LogP contribution in [0.4, 0.5) is 13.2 Å². The molecule has 1 saturated heterocycles. The van der Waals surface area contributed by atoms with Crippen molar-refractivity contribution in [2.75, 3.05) is 19.6 Å². The van der Waals surface area contributed by atoms with Crippen molar-refractivity contribution in [3.8, 4) is 0 Å². The third kappa shape index (κ3) is 4.05. The summed E-state index contributed by atoms with van der Waals surface area (Å²) in [5, 5.41) is 0. The fraction of sp³-hybridized carbons (Fsp3) is 0.875. The second kappa shape index (κ2) is 4.80. The largest absolute Gasteiger partial charge is 0.522 e. The van der Waals surface area contributed by atoms with Gasteiger partial charge in [0.25, 0.3) is 0 Å². The number of amides is 1. The van der Waals surface area contributed by atoms with Crippen LogP contribution < -0.4 is 5.73 Å². The van der Waals surface area contributed by atoms with Crippen LogP contribution in [0.5, 0.6) is 0 Å². The number of carbonyl (C=O) groups excluding carboxylic acids is 1. The van der Waals surface area contributed by atoms with Gasteiger partial charge in [0, 0.05) is 13.1 Å². The Balaban J connectivity index is 2.33. The summed E-state index contributed by atoms with van der Waals surface area (Å²) in [6.45, 7) is 0.443. The van der Waals surface area contributed by atoms with E-state index >= 15 is 0 Å². The van der Waals surface area contributed by atoms with Crippen molar-refractivity contribution >= 4 is 5.91 Å². The molecule has 7 heteroatoms. The minimum absolute atomic E-state index is 0.106. The predicted molar refractivity (Wildman–Crippen MR) is 45.8 cm³/mol. The first-order valence-corrected chi connectivity index (χ1v) is 4.65. The molecule has 1 aliphatic rings. The van der Waals surface area contributed by atoms with Crippen LogP contribution in [0.3, 0.4) is 0 Å². The van der Waals surface area contributed by atoms with Crippen molar-refractivity contribution in [3.63, 3.8) is 0 Å². The van der Waals surface area contributed by atoms with E-state index in [1.54, 1.807) is 0 Å². The van der Waals surface area contributed by atoms with Gasteiger partial charge in [0.15, 0.2) is 0 Å². The first-order valence-electron chi connectivity index (χ1n) is 4.65. The van der Waals surface area contributed by atoms with Gasteiger partial charge in [-0.25, -0.2) is 0 Å². The fourth-order valence-electron chi connectivity index (χ4n) is 1.54. The number of ether oxygens (including phenoxy) is 1. The number of hydrogen-bond acceptors (Lipinski definition) is 3. The Hall–Kier alpha value is -0.820. The Morgan fingerprint density at radius 2 is 1.93 bits per heavy atom.